The molecule has 2 amide bonds. The highest BCUT2D eigenvalue weighted by Gasteiger charge is 2.28. The number of carbonyl (C=O) groups is 1. The third kappa shape index (κ3) is 4.04. The van der Waals surface area contributed by atoms with E-state index in [4.69, 9.17) is 19.1 Å². The number of hydrazone groups is 1. The number of nitrogens with zero attached hydrogens (tertiary/aromatic N) is 3. The van der Waals surface area contributed by atoms with Gasteiger partial charge in [-0.2, -0.15) is 5.10 Å². The number of methoxy groups -OCH3 is 2. The first-order chi connectivity index (χ1) is 15.9. The maximum atomic E-state index is 12.6. The van der Waals surface area contributed by atoms with Crippen LogP contribution in [0.2, 0.25) is 0 Å². The minimum Gasteiger partial charge on any atom is -0.493 e. The lowest BCUT2D eigenvalue weighted by Gasteiger charge is -2.22. The van der Waals surface area contributed by atoms with Gasteiger partial charge >= 0.3 is 6.03 Å². The molecule has 0 spiro atoms. The van der Waals surface area contributed by atoms with Crippen LogP contribution in [0.1, 0.15) is 35.1 Å². The van der Waals surface area contributed by atoms with Crippen LogP contribution in [0.5, 0.6) is 11.5 Å². The summed E-state index contributed by atoms with van der Waals surface area (Å²) in [6, 6.07) is 11.5. The van der Waals surface area contributed by atoms with Crippen molar-refractivity contribution in [3.63, 3.8) is 0 Å². The molecule has 1 atom stereocenters. The Morgan fingerprint density at radius 3 is 2.30 bits per heavy atom. The number of ether oxygens (including phenoxy) is 2. The molecule has 0 aliphatic carbocycles. The first-order valence-corrected chi connectivity index (χ1v) is 10.8. The molecular formula is C25H28N4O4. The van der Waals surface area contributed by atoms with Crippen LogP contribution < -0.4 is 14.8 Å². The molecule has 0 bridgehead atoms. The average molecular weight is 449 g/mol. The second-order valence-corrected chi connectivity index (χ2v) is 8.04. The number of hydrogen-bond acceptors (Lipinski definition) is 6. The van der Waals surface area contributed by atoms with Crippen LogP contribution in [0.15, 0.2) is 46.0 Å². The SMILES string of the molecule is CNC(=O)N1N=C(c2ccc(-c3c(C)noc3C)cc2)c2cc(OC)c(OC)cc2CC1C. The number of aromatic nitrogens is 1. The van der Waals surface area contributed by atoms with E-state index >= 15 is 0 Å². The molecule has 3 aromatic rings. The van der Waals surface area contributed by atoms with Gasteiger partial charge in [-0.25, -0.2) is 9.80 Å². The molecular weight excluding hydrogens is 420 g/mol. The molecule has 172 valence electrons. The summed E-state index contributed by atoms with van der Waals surface area (Å²) in [6.07, 6.45) is 0.618. The maximum Gasteiger partial charge on any atom is 0.337 e. The molecule has 8 nitrogen and oxygen atoms in total. The molecule has 2 heterocycles. The van der Waals surface area contributed by atoms with Crippen LogP contribution in [-0.4, -0.2) is 49.2 Å². The third-order valence-electron chi connectivity index (χ3n) is 5.91. The first-order valence-electron chi connectivity index (χ1n) is 10.8. The lowest BCUT2D eigenvalue weighted by atomic mass is 9.93. The van der Waals surface area contributed by atoms with Gasteiger partial charge in [0, 0.05) is 23.7 Å². The quantitative estimate of drug-likeness (QED) is 0.642. The van der Waals surface area contributed by atoms with Crippen molar-refractivity contribution >= 4 is 11.7 Å². The van der Waals surface area contributed by atoms with Crippen LogP contribution in [0.25, 0.3) is 11.1 Å². The van der Waals surface area contributed by atoms with E-state index in [2.05, 4.69) is 10.5 Å². The van der Waals surface area contributed by atoms with Gasteiger partial charge in [0.2, 0.25) is 0 Å². The molecule has 2 aromatic carbocycles. The summed E-state index contributed by atoms with van der Waals surface area (Å²) >= 11 is 0. The Hall–Kier alpha value is -3.81. The Morgan fingerprint density at radius 2 is 1.73 bits per heavy atom. The van der Waals surface area contributed by atoms with E-state index in [-0.39, 0.29) is 12.1 Å². The number of rotatable bonds is 4. The lowest BCUT2D eigenvalue weighted by Crippen LogP contribution is -2.41. The van der Waals surface area contributed by atoms with Crippen LogP contribution >= 0.6 is 0 Å². The Kier molecular flexibility index (Phi) is 6.09. The summed E-state index contributed by atoms with van der Waals surface area (Å²) in [5.74, 6) is 2.02. The number of fused-ring (bicyclic) bond motifs is 1. The van der Waals surface area contributed by atoms with Crippen molar-refractivity contribution in [1.29, 1.82) is 0 Å². The van der Waals surface area contributed by atoms with Gasteiger partial charge in [0.05, 0.1) is 31.7 Å². The normalized spacial score (nSPS) is 15.4. The summed E-state index contributed by atoms with van der Waals surface area (Å²) in [6.45, 7) is 5.80. The van der Waals surface area contributed by atoms with Crippen molar-refractivity contribution < 1.29 is 18.8 Å². The van der Waals surface area contributed by atoms with Crippen LogP contribution in [0, 0.1) is 13.8 Å². The summed E-state index contributed by atoms with van der Waals surface area (Å²) in [5, 5.41) is 13.0. The van der Waals surface area contributed by atoms with Gasteiger partial charge in [0.1, 0.15) is 5.76 Å². The molecule has 0 radical (unpaired) electrons. The molecule has 0 saturated heterocycles. The molecule has 1 N–H and O–H groups in total. The average Bonchev–Trinajstić information content (AvgIpc) is 3.09. The predicted octanol–water partition coefficient (Wildman–Crippen LogP) is 4.31. The molecule has 1 aliphatic heterocycles. The van der Waals surface area contributed by atoms with E-state index in [0.717, 1.165) is 39.3 Å². The van der Waals surface area contributed by atoms with E-state index in [1.165, 1.54) is 5.01 Å². The Morgan fingerprint density at radius 1 is 1.09 bits per heavy atom. The summed E-state index contributed by atoms with van der Waals surface area (Å²) in [4.78, 5) is 12.6. The maximum absolute atomic E-state index is 12.6. The van der Waals surface area contributed by atoms with E-state index < -0.39 is 0 Å². The molecule has 33 heavy (non-hydrogen) atoms. The highest BCUT2D eigenvalue weighted by Crippen LogP contribution is 2.35. The van der Waals surface area contributed by atoms with Crippen LogP contribution in [0.4, 0.5) is 4.79 Å². The van der Waals surface area contributed by atoms with Crippen molar-refractivity contribution in [2.45, 2.75) is 33.2 Å². The fraction of sp³-hybridized carbons (Fsp3) is 0.320. The third-order valence-corrected chi connectivity index (χ3v) is 5.91. The molecule has 1 aromatic heterocycles. The smallest absolute Gasteiger partial charge is 0.337 e. The molecule has 1 aliphatic rings. The van der Waals surface area contributed by atoms with Crippen LogP contribution in [-0.2, 0) is 6.42 Å². The van der Waals surface area contributed by atoms with Gasteiger partial charge in [-0.15, -0.1) is 0 Å². The van der Waals surface area contributed by atoms with Gasteiger partial charge in [-0.05, 0) is 50.5 Å². The van der Waals surface area contributed by atoms with Crippen molar-refractivity contribution in [2.24, 2.45) is 5.10 Å². The number of nitrogens with one attached hydrogen (secondary N) is 1. The molecule has 4 rings (SSSR count). The number of carbonyl (C=O) groups excluding carboxylic acids is 1. The van der Waals surface area contributed by atoms with Crippen molar-refractivity contribution in [3.05, 3.63) is 64.5 Å². The van der Waals surface area contributed by atoms with Gasteiger partial charge in [-0.3, -0.25) is 0 Å². The number of benzene rings is 2. The highest BCUT2D eigenvalue weighted by molar-refractivity contribution is 6.14. The summed E-state index contributed by atoms with van der Waals surface area (Å²) < 4.78 is 16.4. The summed E-state index contributed by atoms with van der Waals surface area (Å²) in [5.41, 5.74) is 6.32. The Bertz CT molecular complexity index is 1190. The number of urea groups is 1. The molecule has 1 unspecified atom stereocenters. The fourth-order valence-electron chi connectivity index (χ4n) is 4.24. The zero-order valence-electron chi connectivity index (χ0n) is 19.7. The zero-order chi connectivity index (χ0) is 23.7. The molecule has 0 fully saturated rings. The molecule has 8 heteroatoms. The van der Waals surface area contributed by atoms with E-state index in [9.17, 15) is 4.79 Å². The highest BCUT2D eigenvalue weighted by atomic mass is 16.5. The molecule has 0 saturated carbocycles. The Labute approximate surface area is 193 Å². The summed E-state index contributed by atoms with van der Waals surface area (Å²) in [7, 11) is 4.83. The minimum absolute atomic E-state index is 0.152. The fourth-order valence-corrected chi connectivity index (χ4v) is 4.24. The predicted molar refractivity (Wildman–Crippen MR) is 126 cm³/mol. The largest absolute Gasteiger partial charge is 0.493 e. The Balaban J connectivity index is 1.87. The van der Waals surface area contributed by atoms with Crippen LogP contribution in [0.3, 0.4) is 0 Å². The zero-order valence-corrected chi connectivity index (χ0v) is 19.7. The standard InChI is InChI=1S/C25H28N4O4/c1-14-11-19-12-21(31-5)22(32-6)13-20(19)24(27-29(14)25(30)26-4)18-9-7-17(8-10-18)23-15(2)28-33-16(23)3/h7-10,12-14H,11H2,1-6H3,(H,26,30). The minimum atomic E-state index is -0.265. The van der Waals surface area contributed by atoms with E-state index in [0.29, 0.717) is 23.6 Å². The van der Waals surface area contributed by atoms with Crippen molar-refractivity contribution in [2.75, 3.05) is 21.3 Å². The lowest BCUT2D eigenvalue weighted by molar-refractivity contribution is 0.184. The van der Waals surface area contributed by atoms with Gasteiger partial charge in [0.25, 0.3) is 0 Å². The number of aryl methyl sites for hydroxylation is 2. The van der Waals surface area contributed by atoms with Crippen molar-refractivity contribution in [3.8, 4) is 22.6 Å². The number of amides is 2. The van der Waals surface area contributed by atoms with Crippen molar-refractivity contribution in [1.82, 2.24) is 15.5 Å². The van der Waals surface area contributed by atoms with E-state index in [1.807, 2.05) is 57.2 Å². The second-order valence-electron chi connectivity index (χ2n) is 8.04. The monoisotopic (exact) mass is 448 g/mol. The van der Waals surface area contributed by atoms with Gasteiger partial charge in [-0.1, -0.05) is 29.4 Å². The van der Waals surface area contributed by atoms with E-state index in [1.54, 1.807) is 21.3 Å². The second kappa shape index (κ2) is 8.97. The first kappa shape index (κ1) is 22.4. The van der Waals surface area contributed by atoms with Gasteiger partial charge < -0.3 is 19.3 Å². The topological polar surface area (TPSA) is 89.2 Å². The number of hydrogen-bond donors (Lipinski definition) is 1. The van der Waals surface area contributed by atoms with Gasteiger partial charge in [0.15, 0.2) is 11.5 Å².